The molecule has 4 rings (SSSR count). The number of primary amides is 1. The molecule has 2 amide bonds. The van der Waals surface area contributed by atoms with Crippen molar-refractivity contribution >= 4 is 56.2 Å². The van der Waals surface area contributed by atoms with E-state index in [1.165, 1.54) is 12.1 Å². The van der Waals surface area contributed by atoms with Crippen molar-refractivity contribution in [2.45, 2.75) is 30.2 Å². The van der Waals surface area contributed by atoms with E-state index in [0.29, 0.717) is 33.6 Å². The van der Waals surface area contributed by atoms with Crippen LogP contribution in [0.4, 0.5) is 38.0 Å². The number of anilines is 2. The summed E-state index contributed by atoms with van der Waals surface area (Å²) in [4.78, 5) is 30.2. The molecule has 214 valence electrons. The van der Waals surface area contributed by atoms with Crippen LogP contribution in [-0.4, -0.2) is 54.1 Å². The summed E-state index contributed by atoms with van der Waals surface area (Å²) in [6, 6.07) is 3.63. The Balaban J connectivity index is 1.72. The van der Waals surface area contributed by atoms with Crippen LogP contribution in [-0.2, 0) is 33.8 Å². The Morgan fingerprint density at radius 3 is 2.35 bits per heavy atom. The molecule has 0 aliphatic carbocycles. The highest BCUT2D eigenvalue weighted by Crippen LogP contribution is 2.41. The van der Waals surface area contributed by atoms with Crippen molar-refractivity contribution < 1.29 is 44.3 Å². The lowest BCUT2D eigenvalue weighted by Gasteiger charge is -2.30. The minimum absolute atomic E-state index is 0.0431. The molecule has 0 saturated heterocycles. The fraction of sp³-hybridized carbons (Fsp3) is 0.273. The van der Waals surface area contributed by atoms with Crippen LogP contribution in [0.1, 0.15) is 26.4 Å². The molecule has 18 heteroatoms. The Hall–Kier alpha value is -3.44. The number of alkyl halides is 6. The molecule has 3 heterocycles. The van der Waals surface area contributed by atoms with Gasteiger partial charge in [0.25, 0.3) is 5.91 Å². The Bertz CT molecular complexity index is 1640. The summed E-state index contributed by atoms with van der Waals surface area (Å²) in [5.74, 6) is -3.53. The molecule has 9 nitrogen and oxygen atoms in total. The van der Waals surface area contributed by atoms with Gasteiger partial charge in [-0.15, -0.1) is 11.3 Å². The molecular weight excluding hydrogens is 612 g/mol. The predicted molar refractivity (Wildman–Crippen MR) is 132 cm³/mol. The number of thiophene rings is 1. The number of fused-ring (bicyclic) bond motifs is 1. The first-order chi connectivity index (χ1) is 18.4. The lowest BCUT2D eigenvalue weighted by molar-refractivity contribution is -0.186. The van der Waals surface area contributed by atoms with Crippen molar-refractivity contribution in [1.29, 1.82) is 0 Å². The molecule has 3 N–H and O–H groups in total. The lowest BCUT2D eigenvalue weighted by Crippen LogP contribution is -2.43. The predicted octanol–water partition coefficient (Wildman–Crippen LogP) is 4.57. The van der Waals surface area contributed by atoms with Crippen LogP contribution >= 0.6 is 22.9 Å². The van der Waals surface area contributed by atoms with Crippen LogP contribution in [0.15, 0.2) is 29.3 Å². The third-order valence-electron chi connectivity index (χ3n) is 5.73. The fourth-order valence-corrected chi connectivity index (χ4v) is 6.49. The molecule has 0 radical (unpaired) electrons. The van der Waals surface area contributed by atoms with Crippen LogP contribution < -0.4 is 11.1 Å². The van der Waals surface area contributed by atoms with Crippen molar-refractivity contribution in [2.24, 2.45) is 5.73 Å². The maximum Gasteiger partial charge on any atom is 0.471 e. The molecule has 0 unspecified atom stereocenters. The number of nitrogens with one attached hydrogen (secondary N) is 1. The highest BCUT2D eigenvalue weighted by molar-refractivity contribution is 7.91. The second-order valence-corrected chi connectivity index (χ2v) is 12.0. The Labute approximate surface area is 230 Å². The highest BCUT2D eigenvalue weighted by Gasteiger charge is 2.43. The van der Waals surface area contributed by atoms with E-state index in [1.807, 2.05) is 0 Å². The van der Waals surface area contributed by atoms with E-state index in [2.05, 4.69) is 15.3 Å². The number of carbonyl (C=O) groups is 2. The molecule has 1 aliphatic rings. The molecule has 0 spiro atoms. The fourth-order valence-electron chi connectivity index (χ4n) is 3.92. The standard InChI is InChI=1S/C22H16ClF6N5O4S2/c1-40(37,38)15-6-14(39-17(15)18(30)35)16-11(21(24,25)26)7-31-20(33-16)32-13-5-9-2-3-34(19(36)22(27,28)29)8-10(9)4-12(13)23/h4-7H,2-3,8H2,1H3,(H2,30,35)(H,31,32,33). The van der Waals surface area contributed by atoms with E-state index in [4.69, 9.17) is 17.3 Å². The van der Waals surface area contributed by atoms with E-state index >= 15 is 0 Å². The Morgan fingerprint density at radius 1 is 1.12 bits per heavy atom. The van der Waals surface area contributed by atoms with Crippen molar-refractivity contribution in [3.63, 3.8) is 0 Å². The number of benzene rings is 1. The van der Waals surface area contributed by atoms with Crippen LogP contribution in [0.25, 0.3) is 10.6 Å². The van der Waals surface area contributed by atoms with Crippen LogP contribution in [0, 0.1) is 0 Å². The number of sulfone groups is 1. The third kappa shape index (κ3) is 6.00. The molecule has 1 aromatic carbocycles. The number of nitrogens with two attached hydrogens (primary N) is 1. The zero-order valence-electron chi connectivity index (χ0n) is 19.9. The maximum atomic E-state index is 13.8. The van der Waals surface area contributed by atoms with Crippen molar-refractivity contribution in [3.8, 4) is 10.6 Å². The molecule has 0 atom stereocenters. The van der Waals surface area contributed by atoms with Gasteiger partial charge in [-0.1, -0.05) is 11.6 Å². The van der Waals surface area contributed by atoms with E-state index < -0.39 is 55.0 Å². The van der Waals surface area contributed by atoms with Crippen molar-refractivity contribution in [2.75, 3.05) is 18.1 Å². The van der Waals surface area contributed by atoms with Crippen LogP contribution in [0.5, 0.6) is 0 Å². The monoisotopic (exact) mass is 627 g/mol. The minimum atomic E-state index is -5.04. The summed E-state index contributed by atoms with van der Waals surface area (Å²) in [5.41, 5.74) is 4.17. The summed E-state index contributed by atoms with van der Waals surface area (Å²) in [5, 5.41) is 2.61. The molecule has 3 aromatic rings. The molecule has 2 aromatic heterocycles. The zero-order chi connectivity index (χ0) is 29.8. The Morgan fingerprint density at radius 2 is 1.80 bits per heavy atom. The van der Waals surface area contributed by atoms with Gasteiger partial charge in [-0.25, -0.2) is 18.4 Å². The maximum absolute atomic E-state index is 13.8. The highest BCUT2D eigenvalue weighted by atomic mass is 35.5. The van der Waals surface area contributed by atoms with Gasteiger partial charge in [-0.05, 0) is 35.7 Å². The van der Waals surface area contributed by atoms with Gasteiger partial charge in [-0.2, -0.15) is 26.3 Å². The molecule has 1 aliphatic heterocycles. The van der Waals surface area contributed by atoms with Gasteiger partial charge in [0.2, 0.25) is 5.95 Å². The van der Waals surface area contributed by atoms with Gasteiger partial charge in [0, 0.05) is 25.5 Å². The van der Waals surface area contributed by atoms with E-state index in [1.54, 1.807) is 0 Å². The van der Waals surface area contributed by atoms with Crippen LogP contribution in [0.3, 0.4) is 0 Å². The van der Waals surface area contributed by atoms with E-state index in [-0.39, 0.29) is 41.0 Å². The van der Waals surface area contributed by atoms with Gasteiger partial charge >= 0.3 is 18.3 Å². The molecule has 0 bridgehead atoms. The summed E-state index contributed by atoms with van der Waals surface area (Å²) in [6.07, 6.45) is -8.73. The van der Waals surface area contributed by atoms with Gasteiger partial charge in [-0.3, -0.25) is 9.59 Å². The topological polar surface area (TPSA) is 135 Å². The summed E-state index contributed by atoms with van der Waals surface area (Å²) < 4.78 is 104. The van der Waals surface area contributed by atoms with Gasteiger partial charge in [0.15, 0.2) is 9.84 Å². The number of rotatable bonds is 5. The first-order valence-corrected chi connectivity index (χ1v) is 14.0. The third-order valence-corrected chi connectivity index (χ3v) is 8.45. The molecule has 0 saturated carbocycles. The number of carbonyl (C=O) groups excluding carboxylic acids is 2. The number of halogens is 7. The van der Waals surface area contributed by atoms with E-state index in [9.17, 15) is 44.3 Å². The number of aromatic nitrogens is 2. The molecule has 0 fully saturated rings. The number of hydrogen-bond donors (Lipinski definition) is 2. The second-order valence-electron chi connectivity index (χ2n) is 8.59. The Kier molecular flexibility index (Phi) is 7.53. The number of nitrogens with zero attached hydrogens (tertiary/aromatic N) is 3. The quantitative estimate of drug-likeness (QED) is 0.396. The lowest BCUT2D eigenvalue weighted by atomic mass is 9.99. The van der Waals surface area contributed by atoms with Crippen molar-refractivity contribution in [1.82, 2.24) is 14.9 Å². The summed E-state index contributed by atoms with van der Waals surface area (Å²) in [7, 11) is -4.04. The number of amides is 2. The minimum Gasteiger partial charge on any atom is -0.365 e. The van der Waals surface area contributed by atoms with Crippen molar-refractivity contribution in [3.05, 3.63) is 51.0 Å². The second kappa shape index (κ2) is 10.2. The molecular formula is C22H16ClF6N5O4S2. The first kappa shape index (κ1) is 29.5. The first-order valence-electron chi connectivity index (χ1n) is 10.9. The van der Waals surface area contributed by atoms with Gasteiger partial charge in [0.05, 0.1) is 26.2 Å². The smallest absolute Gasteiger partial charge is 0.365 e. The molecule has 40 heavy (non-hydrogen) atoms. The van der Waals surface area contributed by atoms with Gasteiger partial charge < -0.3 is 16.0 Å². The summed E-state index contributed by atoms with van der Waals surface area (Å²) in [6.45, 7) is -0.575. The normalized spacial score (nSPS) is 14.2. The zero-order valence-corrected chi connectivity index (χ0v) is 22.3. The van der Waals surface area contributed by atoms with Gasteiger partial charge in [0.1, 0.15) is 10.4 Å². The summed E-state index contributed by atoms with van der Waals surface area (Å²) >= 11 is 6.67. The number of hydrogen-bond acceptors (Lipinski definition) is 8. The average Bonchev–Trinajstić information content (AvgIpc) is 3.29. The largest absolute Gasteiger partial charge is 0.471 e. The average molecular weight is 628 g/mol. The van der Waals surface area contributed by atoms with Crippen LogP contribution in [0.2, 0.25) is 5.02 Å². The SMILES string of the molecule is CS(=O)(=O)c1cc(-c2nc(Nc3cc4c(cc3Cl)CN(C(=O)C(F)(F)F)CC4)ncc2C(F)(F)F)sc1C(N)=O. The van der Waals surface area contributed by atoms with E-state index in [0.717, 1.165) is 12.3 Å².